The number of hydrogen-bond donors (Lipinski definition) is 0. The van der Waals surface area contributed by atoms with Crippen molar-refractivity contribution in [2.75, 3.05) is 6.54 Å². The van der Waals surface area contributed by atoms with Gasteiger partial charge in [-0.1, -0.05) is 11.6 Å². The summed E-state index contributed by atoms with van der Waals surface area (Å²) in [4.78, 5) is 17.5. The molecule has 3 rings (SSSR count). The lowest BCUT2D eigenvalue weighted by molar-refractivity contribution is 0.887. The van der Waals surface area contributed by atoms with Gasteiger partial charge in [-0.15, -0.1) is 0 Å². The van der Waals surface area contributed by atoms with Crippen molar-refractivity contribution in [1.29, 1.82) is 0 Å². The molecule has 0 bridgehead atoms. The molecule has 4 nitrogen and oxygen atoms in total. The fourth-order valence-corrected chi connectivity index (χ4v) is 1.99. The molecule has 0 fully saturated rings. The van der Waals surface area contributed by atoms with Crippen molar-refractivity contribution >= 4 is 35.3 Å². The molecule has 2 aliphatic rings. The van der Waals surface area contributed by atoms with Gasteiger partial charge in [-0.2, -0.15) is 0 Å². The van der Waals surface area contributed by atoms with E-state index in [9.17, 15) is 0 Å². The van der Waals surface area contributed by atoms with E-state index in [-0.39, 0.29) is 5.92 Å². The van der Waals surface area contributed by atoms with Crippen LogP contribution in [0.15, 0.2) is 44.2 Å². The van der Waals surface area contributed by atoms with Gasteiger partial charge in [-0.25, -0.2) is 15.0 Å². The van der Waals surface area contributed by atoms with Gasteiger partial charge in [0.25, 0.3) is 0 Å². The molecule has 0 saturated carbocycles. The summed E-state index contributed by atoms with van der Waals surface area (Å²) in [5.74, 6) is 2.36. The fraction of sp³-hybridized carbons (Fsp3) is 0.231. The van der Waals surface area contributed by atoms with Gasteiger partial charge in [0.15, 0.2) is 5.84 Å². The van der Waals surface area contributed by atoms with Crippen LogP contribution in [0.2, 0.25) is 5.02 Å². The minimum absolute atomic E-state index is 0.116. The van der Waals surface area contributed by atoms with Crippen LogP contribution in [0.5, 0.6) is 0 Å². The minimum atomic E-state index is 0.116. The number of benzene rings is 1. The molecule has 2 heterocycles. The Labute approximate surface area is 110 Å². The molecule has 0 spiro atoms. The molecule has 1 aromatic rings. The molecule has 18 heavy (non-hydrogen) atoms. The van der Waals surface area contributed by atoms with Gasteiger partial charge in [0, 0.05) is 16.8 Å². The summed E-state index contributed by atoms with van der Waals surface area (Å²) in [5.41, 5.74) is 0.959. The Balaban J connectivity index is 1.94. The lowest BCUT2D eigenvalue weighted by Crippen LogP contribution is -2.27. The highest BCUT2D eigenvalue weighted by molar-refractivity contribution is 6.30. The zero-order chi connectivity index (χ0) is 12.5. The SMILES string of the molecule is CC1=NC2=NC(c3ccc(Cl)cc3)=NCC2C=N1. The molecular weight excluding hydrogens is 248 g/mol. The molecule has 0 radical (unpaired) electrons. The zero-order valence-electron chi connectivity index (χ0n) is 9.84. The van der Waals surface area contributed by atoms with Gasteiger partial charge < -0.3 is 0 Å². The molecule has 0 saturated heterocycles. The lowest BCUT2D eigenvalue weighted by atomic mass is 10.1. The number of nitrogens with zero attached hydrogens (tertiary/aromatic N) is 4. The molecule has 1 unspecified atom stereocenters. The highest BCUT2D eigenvalue weighted by Gasteiger charge is 2.22. The van der Waals surface area contributed by atoms with E-state index in [2.05, 4.69) is 20.0 Å². The molecule has 2 aliphatic heterocycles. The molecule has 0 aliphatic carbocycles. The summed E-state index contributed by atoms with van der Waals surface area (Å²) in [6.45, 7) is 2.51. The second-order valence-electron chi connectivity index (χ2n) is 4.18. The third-order valence-corrected chi connectivity index (χ3v) is 3.06. The van der Waals surface area contributed by atoms with E-state index in [0.717, 1.165) is 17.2 Å². The first-order valence-electron chi connectivity index (χ1n) is 5.71. The average Bonchev–Trinajstić information content (AvgIpc) is 2.38. The van der Waals surface area contributed by atoms with Gasteiger partial charge in [0.2, 0.25) is 0 Å². The quantitative estimate of drug-likeness (QED) is 0.744. The Morgan fingerprint density at radius 1 is 1.17 bits per heavy atom. The van der Waals surface area contributed by atoms with Crippen molar-refractivity contribution in [3.8, 4) is 0 Å². The number of rotatable bonds is 1. The average molecular weight is 259 g/mol. The first kappa shape index (κ1) is 11.3. The van der Waals surface area contributed by atoms with Crippen molar-refractivity contribution in [3.63, 3.8) is 0 Å². The van der Waals surface area contributed by atoms with E-state index in [4.69, 9.17) is 11.6 Å². The van der Waals surface area contributed by atoms with Crippen LogP contribution in [0.4, 0.5) is 0 Å². The van der Waals surface area contributed by atoms with Crippen molar-refractivity contribution in [3.05, 3.63) is 34.9 Å². The minimum Gasteiger partial charge on any atom is -0.265 e. The number of halogens is 1. The van der Waals surface area contributed by atoms with E-state index in [1.807, 2.05) is 37.4 Å². The van der Waals surface area contributed by atoms with Crippen LogP contribution in [0.1, 0.15) is 12.5 Å². The summed E-state index contributed by atoms with van der Waals surface area (Å²) in [7, 11) is 0. The number of amidine groups is 3. The van der Waals surface area contributed by atoms with Gasteiger partial charge in [0.1, 0.15) is 11.7 Å². The third kappa shape index (κ3) is 2.11. The first-order valence-corrected chi connectivity index (χ1v) is 6.08. The van der Waals surface area contributed by atoms with Crippen LogP contribution in [-0.4, -0.2) is 30.3 Å². The third-order valence-electron chi connectivity index (χ3n) is 2.81. The van der Waals surface area contributed by atoms with E-state index >= 15 is 0 Å². The maximum Gasteiger partial charge on any atom is 0.156 e. The predicted octanol–water partition coefficient (Wildman–Crippen LogP) is 2.62. The number of fused-ring (bicyclic) bond motifs is 1. The summed E-state index contributed by atoms with van der Waals surface area (Å²) < 4.78 is 0. The monoisotopic (exact) mass is 258 g/mol. The van der Waals surface area contributed by atoms with E-state index in [1.165, 1.54) is 0 Å². The van der Waals surface area contributed by atoms with E-state index < -0.39 is 0 Å². The molecule has 1 atom stereocenters. The maximum atomic E-state index is 5.87. The molecule has 0 N–H and O–H groups in total. The maximum absolute atomic E-state index is 5.87. The van der Waals surface area contributed by atoms with Crippen LogP contribution in [0.3, 0.4) is 0 Å². The Morgan fingerprint density at radius 2 is 1.94 bits per heavy atom. The standard InChI is InChI=1S/C13H11ClN4/c1-8-15-6-10-7-16-12(18-13(10)17-8)9-2-4-11(14)5-3-9/h2-6,10H,7H2,1H3. The number of hydrogen-bond acceptors (Lipinski definition) is 4. The van der Waals surface area contributed by atoms with E-state index in [1.54, 1.807) is 0 Å². The largest absolute Gasteiger partial charge is 0.265 e. The molecular formula is C13H11ClN4. The predicted molar refractivity (Wildman–Crippen MR) is 75.4 cm³/mol. The lowest BCUT2D eigenvalue weighted by Gasteiger charge is -2.18. The van der Waals surface area contributed by atoms with Crippen molar-refractivity contribution < 1.29 is 0 Å². The summed E-state index contributed by atoms with van der Waals surface area (Å²) in [5, 5.41) is 0.708. The topological polar surface area (TPSA) is 49.4 Å². The Bertz CT molecular complexity index is 596. The zero-order valence-corrected chi connectivity index (χ0v) is 10.6. The van der Waals surface area contributed by atoms with Gasteiger partial charge >= 0.3 is 0 Å². The van der Waals surface area contributed by atoms with Gasteiger partial charge in [-0.05, 0) is 31.2 Å². The smallest absolute Gasteiger partial charge is 0.156 e. The Hall–Kier alpha value is -1.81. The van der Waals surface area contributed by atoms with E-state index in [0.29, 0.717) is 17.4 Å². The summed E-state index contributed by atoms with van der Waals surface area (Å²) in [6.07, 6.45) is 1.86. The second-order valence-corrected chi connectivity index (χ2v) is 4.62. The van der Waals surface area contributed by atoms with Crippen molar-refractivity contribution in [2.45, 2.75) is 6.92 Å². The highest BCUT2D eigenvalue weighted by Crippen LogP contribution is 2.16. The second kappa shape index (κ2) is 4.46. The number of aliphatic imine (C=N–C) groups is 4. The fourth-order valence-electron chi connectivity index (χ4n) is 1.86. The van der Waals surface area contributed by atoms with Crippen LogP contribution in [0, 0.1) is 5.92 Å². The summed E-state index contributed by atoms with van der Waals surface area (Å²) in [6, 6.07) is 7.50. The van der Waals surface area contributed by atoms with Gasteiger partial charge in [0.05, 0.1) is 12.5 Å². The van der Waals surface area contributed by atoms with Crippen LogP contribution in [-0.2, 0) is 0 Å². The molecule has 90 valence electrons. The highest BCUT2D eigenvalue weighted by atomic mass is 35.5. The molecule has 0 amide bonds. The summed E-state index contributed by atoms with van der Waals surface area (Å²) >= 11 is 5.87. The Kier molecular flexibility index (Phi) is 2.80. The molecule has 0 aromatic heterocycles. The van der Waals surface area contributed by atoms with Gasteiger partial charge in [-0.3, -0.25) is 4.99 Å². The van der Waals surface area contributed by atoms with Crippen molar-refractivity contribution in [1.82, 2.24) is 0 Å². The first-order chi connectivity index (χ1) is 8.72. The van der Waals surface area contributed by atoms with Crippen LogP contribution < -0.4 is 0 Å². The van der Waals surface area contributed by atoms with Crippen LogP contribution in [0.25, 0.3) is 0 Å². The van der Waals surface area contributed by atoms with Crippen LogP contribution >= 0.6 is 11.6 Å². The molecule has 5 heteroatoms. The Morgan fingerprint density at radius 3 is 2.72 bits per heavy atom. The van der Waals surface area contributed by atoms with Crippen molar-refractivity contribution in [2.24, 2.45) is 25.9 Å². The normalized spacial score (nSPS) is 21.9. The molecule has 1 aromatic carbocycles.